The van der Waals surface area contributed by atoms with E-state index in [-0.39, 0.29) is 0 Å². The molecule has 0 aliphatic heterocycles. The molecule has 0 unspecified atom stereocenters. The van der Waals surface area contributed by atoms with E-state index >= 15 is 0 Å². The zero-order valence-electron chi connectivity index (χ0n) is 14.2. The van der Waals surface area contributed by atoms with Gasteiger partial charge in [-0.2, -0.15) is 0 Å². The number of aromatic nitrogens is 3. The fraction of sp³-hybridized carbons (Fsp3) is 0.0500. The first-order valence-corrected chi connectivity index (χ1v) is 9.09. The third kappa shape index (κ3) is 3.87. The van der Waals surface area contributed by atoms with Crippen molar-refractivity contribution in [2.75, 3.05) is 10.6 Å². The van der Waals surface area contributed by atoms with E-state index in [9.17, 15) is 0 Å². The third-order valence-electron chi connectivity index (χ3n) is 3.74. The van der Waals surface area contributed by atoms with Gasteiger partial charge in [-0.15, -0.1) is 11.3 Å². The molecule has 5 nitrogen and oxygen atoms in total. The molecule has 2 N–H and O–H groups in total. The molecular weight excluding hydrogens is 342 g/mol. The highest BCUT2D eigenvalue weighted by molar-refractivity contribution is 7.09. The minimum Gasteiger partial charge on any atom is -0.356 e. The Kier molecular flexibility index (Phi) is 4.57. The van der Waals surface area contributed by atoms with Crippen LogP contribution >= 0.6 is 11.3 Å². The standard InChI is InChI=1S/C20H17N5S/c1-14-22-19(13-26-14)18-11-12-21-20(25-18)24-17-9-7-16(8-10-17)23-15-5-3-2-4-6-15/h2-13,23H,1H3,(H,21,24,25). The van der Waals surface area contributed by atoms with Crippen LogP contribution < -0.4 is 10.6 Å². The molecule has 0 fully saturated rings. The van der Waals surface area contributed by atoms with Gasteiger partial charge in [0.15, 0.2) is 0 Å². The number of aryl methyl sites for hydroxylation is 1. The van der Waals surface area contributed by atoms with E-state index in [0.717, 1.165) is 33.5 Å². The summed E-state index contributed by atoms with van der Waals surface area (Å²) in [6, 6.07) is 20.0. The Morgan fingerprint density at radius 2 is 1.42 bits per heavy atom. The number of hydrogen-bond donors (Lipinski definition) is 2. The van der Waals surface area contributed by atoms with Gasteiger partial charge in [0.25, 0.3) is 0 Å². The van der Waals surface area contributed by atoms with E-state index in [1.165, 1.54) is 0 Å². The van der Waals surface area contributed by atoms with Crippen LogP contribution in [0, 0.1) is 6.92 Å². The maximum atomic E-state index is 4.55. The summed E-state index contributed by atoms with van der Waals surface area (Å²) in [7, 11) is 0. The smallest absolute Gasteiger partial charge is 0.227 e. The van der Waals surface area contributed by atoms with E-state index in [0.29, 0.717) is 5.95 Å². The molecule has 0 spiro atoms. The van der Waals surface area contributed by atoms with Crippen LogP contribution in [0.25, 0.3) is 11.4 Å². The fourth-order valence-electron chi connectivity index (χ4n) is 2.50. The summed E-state index contributed by atoms with van der Waals surface area (Å²) >= 11 is 1.61. The summed E-state index contributed by atoms with van der Waals surface area (Å²) in [5.41, 5.74) is 4.70. The predicted octanol–water partition coefficient (Wildman–Crippen LogP) is 5.40. The maximum absolute atomic E-state index is 4.55. The Labute approximate surface area is 155 Å². The zero-order chi connectivity index (χ0) is 17.8. The van der Waals surface area contributed by atoms with Crippen molar-refractivity contribution in [2.24, 2.45) is 0 Å². The second-order valence-electron chi connectivity index (χ2n) is 5.71. The van der Waals surface area contributed by atoms with Crippen molar-refractivity contribution < 1.29 is 0 Å². The quantitative estimate of drug-likeness (QED) is 0.500. The van der Waals surface area contributed by atoms with Gasteiger partial charge in [-0.1, -0.05) is 18.2 Å². The Hall–Kier alpha value is -3.25. The van der Waals surface area contributed by atoms with Gasteiger partial charge in [0.05, 0.1) is 10.7 Å². The Morgan fingerprint density at radius 3 is 2.12 bits per heavy atom. The molecule has 0 saturated heterocycles. The molecule has 2 aromatic heterocycles. The van der Waals surface area contributed by atoms with Gasteiger partial charge < -0.3 is 10.6 Å². The number of hydrogen-bond acceptors (Lipinski definition) is 6. The molecule has 6 heteroatoms. The highest BCUT2D eigenvalue weighted by Crippen LogP contribution is 2.23. The number of para-hydroxylation sites is 1. The average molecular weight is 359 g/mol. The fourth-order valence-corrected chi connectivity index (χ4v) is 3.10. The molecule has 0 radical (unpaired) electrons. The lowest BCUT2D eigenvalue weighted by Gasteiger charge is -2.09. The van der Waals surface area contributed by atoms with Gasteiger partial charge in [0.2, 0.25) is 5.95 Å². The van der Waals surface area contributed by atoms with E-state index < -0.39 is 0 Å². The highest BCUT2D eigenvalue weighted by atomic mass is 32.1. The summed E-state index contributed by atoms with van der Waals surface area (Å²) in [4.78, 5) is 13.3. The van der Waals surface area contributed by atoms with Crippen LogP contribution in [0.3, 0.4) is 0 Å². The van der Waals surface area contributed by atoms with E-state index in [1.807, 2.05) is 73.0 Å². The number of nitrogens with one attached hydrogen (secondary N) is 2. The maximum Gasteiger partial charge on any atom is 0.227 e. The number of thiazole rings is 1. The summed E-state index contributed by atoms with van der Waals surface area (Å²) in [6.45, 7) is 1.99. The van der Waals surface area contributed by atoms with E-state index in [4.69, 9.17) is 0 Å². The minimum absolute atomic E-state index is 0.553. The molecule has 128 valence electrons. The first-order valence-electron chi connectivity index (χ1n) is 8.21. The van der Waals surface area contributed by atoms with Crippen LogP contribution in [-0.2, 0) is 0 Å². The Bertz CT molecular complexity index is 996. The largest absolute Gasteiger partial charge is 0.356 e. The lowest BCUT2D eigenvalue weighted by molar-refractivity contribution is 1.15. The number of nitrogens with zero attached hydrogens (tertiary/aromatic N) is 3. The van der Waals surface area contributed by atoms with Crippen LogP contribution in [0.5, 0.6) is 0 Å². The van der Waals surface area contributed by atoms with Crippen molar-refractivity contribution in [3.63, 3.8) is 0 Å². The van der Waals surface area contributed by atoms with Gasteiger partial charge in [0, 0.05) is 28.6 Å². The summed E-state index contributed by atoms with van der Waals surface area (Å²) in [5, 5.41) is 9.63. The van der Waals surface area contributed by atoms with Crippen LogP contribution in [0.2, 0.25) is 0 Å². The van der Waals surface area contributed by atoms with Crippen molar-refractivity contribution >= 4 is 34.3 Å². The van der Waals surface area contributed by atoms with Crippen molar-refractivity contribution in [3.05, 3.63) is 77.2 Å². The van der Waals surface area contributed by atoms with Gasteiger partial charge in [-0.3, -0.25) is 0 Å². The zero-order valence-corrected chi connectivity index (χ0v) is 15.0. The van der Waals surface area contributed by atoms with Crippen LogP contribution in [0.4, 0.5) is 23.0 Å². The van der Waals surface area contributed by atoms with Gasteiger partial charge >= 0.3 is 0 Å². The predicted molar refractivity (Wildman–Crippen MR) is 107 cm³/mol. The van der Waals surface area contributed by atoms with Gasteiger partial charge in [-0.05, 0) is 49.4 Å². The lowest BCUT2D eigenvalue weighted by atomic mass is 10.2. The Balaban J connectivity index is 1.47. The third-order valence-corrected chi connectivity index (χ3v) is 4.51. The molecule has 0 aliphatic carbocycles. The van der Waals surface area contributed by atoms with Crippen molar-refractivity contribution in [2.45, 2.75) is 6.92 Å². The van der Waals surface area contributed by atoms with Crippen molar-refractivity contribution in [3.8, 4) is 11.4 Å². The monoisotopic (exact) mass is 359 g/mol. The molecule has 0 amide bonds. The molecule has 2 heterocycles. The molecule has 26 heavy (non-hydrogen) atoms. The van der Waals surface area contributed by atoms with Crippen LogP contribution in [0.1, 0.15) is 5.01 Å². The molecule has 0 aliphatic rings. The molecule has 4 rings (SSSR count). The summed E-state index contributed by atoms with van der Waals surface area (Å²) < 4.78 is 0. The highest BCUT2D eigenvalue weighted by Gasteiger charge is 2.06. The lowest BCUT2D eigenvalue weighted by Crippen LogP contribution is -1.98. The second-order valence-corrected chi connectivity index (χ2v) is 6.77. The first-order chi connectivity index (χ1) is 12.8. The molecule has 2 aromatic carbocycles. The van der Waals surface area contributed by atoms with E-state index in [2.05, 4.69) is 25.6 Å². The first kappa shape index (κ1) is 16.2. The SMILES string of the molecule is Cc1nc(-c2ccnc(Nc3ccc(Nc4ccccc4)cc3)n2)cs1. The van der Waals surface area contributed by atoms with Crippen LogP contribution in [-0.4, -0.2) is 15.0 Å². The van der Waals surface area contributed by atoms with Crippen molar-refractivity contribution in [1.82, 2.24) is 15.0 Å². The van der Waals surface area contributed by atoms with E-state index in [1.54, 1.807) is 17.5 Å². The van der Waals surface area contributed by atoms with Crippen LogP contribution in [0.15, 0.2) is 72.2 Å². The molecule has 0 saturated carbocycles. The average Bonchev–Trinajstić information content (AvgIpc) is 3.11. The number of benzene rings is 2. The van der Waals surface area contributed by atoms with Crippen molar-refractivity contribution in [1.29, 1.82) is 0 Å². The topological polar surface area (TPSA) is 62.7 Å². The minimum atomic E-state index is 0.553. The molecule has 0 bridgehead atoms. The normalized spacial score (nSPS) is 10.5. The molecular formula is C20H17N5S. The summed E-state index contributed by atoms with van der Waals surface area (Å²) in [6.07, 6.45) is 1.74. The van der Waals surface area contributed by atoms with Gasteiger partial charge in [0.1, 0.15) is 5.69 Å². The number of anilines is 4. The summed E-state index contributed by atoms with van der Waals surface area (Å²) in [5.74, 6) is 0.553. The molecule has 0 atom stereocenters. The number of rotatable bonds is 5. The Morgan fingerprint density at radius 1 is 0.731 bits per heavy atom. The second kappa shape index (κ2) is 7.33. The van der Waals surface area contributed by atoms with Gasteiger partial charge in [-0.25, -0.2) is 15.0 Å². The molecule has 4 aromatic rings.